The summed E-state index contributed by atoms with van der Waals surface area (Å²) in [6.45, 7) is 0.304. The lowest BCUT2D eigenvalue weighted by Gasteiger charge is -2.11. The number of hydrogen-bond donors (Lipinski definition) is 2. The Morgan fingerprint density at radius 1 is 1.10 bits per heavy atom. The largest absolute Gasteiger partial charge is 0.505 e. The smallest absolute Gasteiger partial charge is 0.450 e. The number of carbonyl (C=O) groups is 1. The average molecular weight is 629 g/mol. The van der Waals surface area contributed by atoms with Crippen LogP contribution in [-0.4, -0.2) is 17.9 Å². The van der Waals surface area contributed by atoms with Crippen LogP contribution in [0.5, 0.6) is 0 Å². The van der Waals surface area contributed by atoms with Gasteiger partial charge in [-0.15, -0.1) is 0 Å². The molecule has 0 aliphatic heterocycles. The van der Waals surface area contributed by atoms with Gasteiger partial charge in [0.15, 0.2) is 0 Å². The van der Waals surface area contributed by atoms with Crippen LogP contribution in [0, 0.1) is 10.7 Å². The van der Waals surface area contributed by atoms with Crippen LogP contribution in [0.25, 0.3) is 0 Å². The van der Waals surface area contributed by atoms with Crippen molar-refractivity contribution in [3.63, 3.8) is 0 Å². The molecule has 0 spiro atoms. The van der Waals surface area contributed by atoms with Crippen LogP contribution in [0.2, 0.25) is 0 Å². The molecule has 0 radical (unpaired) electrons. The summed E-state index contributed by atoms with van der Waals surface area (Å²) in [7, 11) is 0. The van der Waals surface area contributed by atoms with Crippen molar-refractivity contribution in [3.8, 4) is 0 Å². The van der Waals surface area contributed by atoms with Gasteiger partial charge in [0.2, 0.25) is 0 Å². The van der Waals surface area contributed by atoms with Gasteiger partial charge in [-0.05, 0) is 98.7 Å². The number of benzene rings is 1. The van der Waals surface area contributed by atoms with E-state index in [2.05, 4.69) is 78.6 Å². The predicted octanol–water partition coefficient (Wildman–Crippen LogP) is 5.27. The highest BCUT2D eigenvalue weighted by Crippen LogP contribution is 2.30. The first kappa shape index (κ1) is 19.5. The molecular formula is C14H18I3NO3. The van der Waals surface area contributed by atoms with E-state index in [0.717, 1.165) is 47.8 Å². The standard InChI is InChI=1S/C14H18I3NO3/c15-10-8-11(16)13(18)12(17)9(10)6-4-2-1-3-5-7-21-14(19)20/h8H,1-7,18H2,(H,19,20). The third-order valence-corrected chi connectivity index (χ3v) is 6.18. The Bertz CT molecular complexity index is 495. The van der Waals surface area contributed by atoms with E-state index < -0.39 is 6.16 Å². The molecule has 0 aliphatic rings. The first-order valence-corrected chi connectivity index (χ1v) is 9.94. The molecule has 0 bridgehead atoms. The molecule has 0 fully saturated rings. The van der Waals surface area contributed by atoms with Crippen LogP contribution in [0.3, 0.4) is 0 Å². The van der Waals surface area contributed by atoms with Crippen molar-refractivity contribution in [1.29, 1.82) is 0 Å². The lowest BCUT2D eigenvalue weighted by atomic mass is 10.1. The highest BCUT2D eigenvalue weighted by molar-refractivity contribution is 14.1. The van der Waals surface area contributed by atoms with Crippen LogP contribution < -0.4 is 5.73 Å². The summed E-state index contributed by atoms with van der Waals surface area (Å²) in [5.74, 6) is 0. The minimum atomic E-state index is -1.18. The van der Waals surface area contributed by atoms with Crippen molar-refractivity contribution < 1.29 is 14.6 Å². The van der Waals surface area contributed by atoms with Crippen LogP contribution in [0.15, 0.2) is 6.07 Å². The van der Waals surface area contributed by atoms with Gasteiger partial charge in [0.05, 0.1) is 12.3 Å². The molecule has 1 aromatic carbocycles. The maximum Gasteiger partial charge on any atom is 0.505 e. The molecule has 0 unspecified atom stereocenters. The van der Waals surface area contributed by atoms with E-state index in [4.69, 9.17) is 10.8 Å². The fraction of sp³-hybridized carbons (Fsp3) is 0.500. The van der Waals surface area contributed by atoms with Gasteiger partial charge in [0, 0.05) is 10.7 Å². The Kier molecular flexibility index (Phi) is 9.57. The van der Waals surface area contributed by atoms with E-state index in [1.165, 1.54) is 12.7 Å². The van der Waals surface area contributed by atoms with Crippen LogP contribution in [-0.2, 0) is 11.2 Å². The van der Waals surface area contributed by atoms with Gasteiger partial charge in [0.1, 0.15) is 0 Å². The molecule has 0 atom stereocenters. The van der Waals surface area contributed by atoms with E-state index in [1.807, 2.05) is 0 Å². The number of rotatable bonds is 8. The first-order valence-electron chi connectivity index (χ1n) is 6.71. The molecule has 3 N–H and O–H groups in total. The van der Waals surface area contributed by atoms with Gasteiger partial charge in [-0.1, -0.05) is 19.3 Å². The zero-order chi connectivity index (χ0) is 15.8. The molecule has 0 heterocycles. The number of ether oxygens (including phenoxy) is 1. The molecular weight excluding hydrogens is 611 g/mol. The number of unbranched alkanes of at least 4 members (excludes halogenated alkanes) is 4. The molecule has 118 valence electrons. The second-order valence-electron chi connectivity index (χ2n) is 4.68. The fourth-order valence-corrected chi connectivity index (χ4v) is 5.88. The summed E-state index contributed by atoms with van der Waals surface area (Å²) < 4.78 is 8.05. The summed E-state index contributed by atoms with van der Waals surface area (Å²) in [5, 5.41) is 8.34. The van der Waals surface area contributed by atoms with E-state index >= 15 is 0 Å². The third kappa shape index (κ3) is 7.06. The Morgan fingerprint density at radius 2 is 1.71 bits per heavy atom. The van der Waals surface area contributed by atoms with E-state index in [-0.39, 0.29) is 0 Å². The summed E-state index contributed by atoms with van der Waals surface area (Å²) in [4.78, 5) is 10.2. The lowest BCUT2D eigenvalue weighted by Crippen LogP contribution is -2.02. The molecule has 0 amide bonds. The van der Waals surface area contributed by atoms with E-state index in [0.29, 0.717) is 6.61 Å². The number of anilines is 1. The maximum absolute atomic E-state index is 10.2. The molecule has 1 aromatic rings. The molecule has 0 aliphatic carbocycles. The monoisotopic (exact) mass is 629 g/mol. The molecule has 1 rings (SSSR count). The molecule has 7 heteroatoms. The van der Waals surface area contributed by atoms with Crippen molar-refractivity contribution in [2.24, 2.45) is 0 Å². The number of halogens is 3. The first-order chi connectivity index (χ1) is 9.93. The van der Waals surface area contributed by atoms with Gasteiger partial charge in [-0.2, -0.15) is 0 Å². The van der Waals surface area contributed by atoms with Gasteiger partial charge < -0.3 is 15.6 Å². The van der Waals surface area contributed by atoms with Crippen LogP contribution in [0.1, 0.15) is 37.7 Å². The number of hydrogen-bond acceptors (Lipinski definition) is 3. The second kappa shape index (κ2) is 10.3. The van der Waals surface area contributed by atoms with E-state index in [1.54, 1.807) is 0 Å². The zero-order valence-corrected chi connectivity index (χ0v) is 18.0. The van der Waals surface area contributed by atoms with Crippen LogP contribution in [0.4, 0.5) is 10.5 Å². The molecule has 21 heavy (non-hydrogen) atoms. The minimum absolute atomic E-state index is 0.304. The van der Waals surface area contributed by atoms with Crippen molar-refractivity contribution in [2.75, 3.05) is 12.3 Å². The Balaban J connectivity index is 2.28. The number of nitrogens with two attached hydrogens (primary N) is 1. The predicted molar refractivity (Wildman–Crippen MR) is 110 cm³/mol. The maximum atomic E-state index is 10.2. The van der Waals surface area contributed by atoms with Gasteiger partial charge in [-0.3, -0.25) is 0 Å². The van der Waals surface area contributed by atoms with Crippen molar-refractivity contribution in [1.82, 2.24) is 0 Å². The SMILES string of the molecule is Nc1c(I)cc(I)c(CCCCCCCOC(=O)O)c1I. The number of carboxylic acid groups (broad SMARTS) is 1. The van der Waals surface area contributed by atoms with Crippen molar-refractivity contribution in [3.05, 3.63) is 22.3 Å². The van der Waals surface area contributed by atoms with Gasteiger partial charge in [-0.25, -0.2) is 4.79 Å². The Hall–Kier alpha value is 0.480. The summed E-state index contributed by atoms with van der Waals surface area (Å²) in [6.07, 6.45) is 5.06. The average Bonchev–Trinajstić information content (AvgIpc) is 2.42. The third-order valence-electron chi connectivity index (χ3n) is 3.10. The Labute approximate surface area is 166 Å². The van der Waals surface area contributed by atoms with Crippen molar-refractivity contribution in [2.45, 2.75) is 38.5 Å². The number of nitrogen functional groups attached to an aromatic ring is 1. The highest BCUT2D eigenvalue weighted by Gasteiger charge is 2.11. The zero-order valence-electron chi connectivity index (χ0n) is 11.5. The normalized spacial score (nSPS) is 10.6. The topological polar surface area (TPSA) is 72.5 Å². The fourth-order valence-electron chi connectivity index (χ4n) is 1.97. The lowest BCUT2D eigenvalue weighted by molar-refractivity contribution is 0.0899. The Morgan fingerprint density at radius 3 is 2.38 bits per heavy atom. The quantitative estimate of drug-likeness (QED) is 0.178. The van der Waals surface area contributed by atoms with Crippen molar-refractivity contribution >= 4 is 79.6 Å². The minimum Gasteiger partial charge on any atom is -0.450 e. The second-order valence-corrected chi connectivity index (χ2v) is 8.08. The highest BCUT2D eigenvalue weighted by atomic mass is 127. The van der Waals surface area contributed by atoms with Crippen LogP contribution >= 0.6 is 67.8 Å². The summed E-state index contributed by atoms with van der Waals surface area (Å²) in [5.41, 5.74) is 8.32. The van der Waals surface area contributed by atoms with E-state index in [9.17, 15) is 4.79 Å². The van der Waals surface area contributed by atoms with Gasteiger partial charge >= 0.3 is 6.16 Å². The molecule has 0 aromatic heterocycles. The molecule has 4 nitrogen and oxygen atoms in total. The molecule has 0 saturated heterocycles. The summed E-state index contributed by atoms with van der Waals surface area (Å²) >= 11 is 6.98. The molecule has 0 saturated carbocycles. The summed E-state index contributed by atoms with van der Waals surface area (Å²) in [6, 6.07) is 2.14. The van der Waals surface area contributed by atoms with Gasteiger partial charge in [0.25, 0.3) is 0 Å².